The van der Waals surface area contributed by atoms with Gasteiger partial charge in [0.2, 0.25) is 0 Å². The van der Waals surface area contributed by atoms with Crippen molar-refractivity contribution in [1.29, 1.82) is 0 Å². The summed E-state index contributed by atoms with van der Waals surface area (Å²) in [6, 6.07) is 18.9. The molecule has 0 aliphatic carbocycles. The molecule has 5 nitrogen and oxygen atoms in total. The van der Waals surface area contributed by atoms with Gasteiger partial charge in [0.25, 0.3) is 0 Å². The summed E-state index contributed by atoms with van der Waals surface area (Å²) in [7, 11) is 1.66. The van der Waals surface area contributed by atoms with Gasteiger partial charge in [0.1, 0.15) is 24.9 Å². The smallest absolute Gasteiger partial charge is 0.171 e. The second kappa shape index (κ2) is 9.69. The minimum atomic E-state index is 0.162. The Kier molecular flexibility index (Phi) is 7.04. The highest BCUT2D eigenvalue weighted by atomic mass is 32.1. The summed E-state index contributed by atoms with van der Waals surface area (Å²) in [4.78, 5) is 1.52. The van der Waals surface area contributed by atoms with Crippen LogP contribution >= 0.6 is 12.2 Å². The Morgan fingerprint density at radius 3 is 2.44 bits per heavy atom. The van der Waals surface area contributed by atoms with Gasteiger partial charge in [-0.2, -0.15) is 0 Å². The molecular weight excluding hydrogens is 358 g/mol. The number of rotatable bonds is 6. The molecule has 1 heterocycles. The van der Waals surface area contributed by atoms with Crippen LogP contribution < -0.4 is 20.3 Å². The number of anilines is 1. The average Bonchev–Trinajstić information content (AvgIpc) is 2.70. The van der Waals surface area contributed by atoms with E-state index in [9.17, 15) is 0 Å². The normalized spacial score (nSPS) is 17.0. The summed E-state index contributed by atoms with van der Waals surface area (Å²) < 4.78 is 11.0. The van der Waals surface area contributed by atoms with E-state index in [-0.39, 0.29) is 6.04 Å². The van der Waals surface area contributed by atoms with Crippen LogP contribution in [0.15, 0.2) is 54.6 Å². The van der Waals surface area contributed by atoms with Gasteiger partial charge >= 0.3 is 0 Å². The molecule has 6 heteroatoms. The van der Waals surface area contributed by atoms with E-state index < -0.39 is 0 Å². The number of benzene rings is 2. The van der Waals surface area contributed by atoms with Gasteiger partial charge in [0.05, 0.1) is 32.1 Å². The third kappa shape index (κ3) is 5.19. The van der Waals surface area contributed by atoms with Crippen molar-refractivity contribution < 1.29 is 14.4 Å². The lowest BCUT2D eigenvalue weighted by Crippen LogP contribution is -3.15. The fraction of sp³-hybridized carbons (Fsp3) is 0.381. The Morgan fingerprint density at radius 1 is 1.07 bits per heavy atom. The van der Waals surface area contributed by atoms with E-state index in [1.54, 1.807) is 7.11 Å². The predicted octanol–water partition coefficient (Wildman–Crippen LogP) is 2.03. The van der Waals surface area contributed by atoms with Gasteiger partial charge in [-0.3, -0.25) is 0 Å². The number of nitrogens with one attached hydrogen (secondary N) is 3. The quantitative estimate of drug-likeness (QED) is 0.663. The van der Waals surface area contributed by atoms with E-state index in [0.29, 0.717) is 11.2 Å². The lowest BCUT2D eigenvalue weighted by atomic mass is 9.98. The van der Waals surface area contributed by atoms with Crippen LogP contribution in [0.3, 0.4) is 0 Å². The minimum absolute atomic E-state index is 0.162. The molecule has 1 fully saturated rings. The molecule has 2 atom stereocenters. The highest BCUT2D eigenvalue weighted by Crippen LogP contribution is 2.23. The van der Waals surface area contributed by atoms with Gasteiger partial charge in [0.15, 0.2) is 5.11 Å². The maximum absolute atomic E-state index is 5.58. The molecule has 3 rings (SSSR count). The van der Waals surface area contributed by atoms with Crippen LogP contribution in [-0.2, 0) is 4.74 Å². The first kappa shape index (κ1) is 19.6. The summed E-state index contributed by atoms with van der Waals surface area (Å²) in [5, 5.41) is 7.34. The first-order valence-corrected chi connectivity index (χ1v) is 9.77. The van der Waals surface area contributed by atoms with Crippen LogP contribution in [0.1, 0.15) is 18.5 Å². The first-order valence-electron chi connectivity index (χ1n) is 9.37. The standard InChI is InChI=1S/C21H27N3O2S/c1-16(22-21(27)23-18-10-6-7-11-19(18)25-2)20(17-8-4-3-5-9-17)24-12-14-26-15-13-24/h3-11,16,20H,12-15H2,1-2H3,(H2,22,23,27)/p+1/t16-,20+/m1/s1. The lowest BCUT2D eigenvalue weighted by molar-refractivity contribution is -0.940. The number of quaternary nitrogens is 1. The van der Waals surface area contributed by atoms with Crippen molar-refractivity contribution in [1.82, 2.24) is 5.32 Å². The molecule has 0 amide bonds. The van der Waals surface area contributed by atoms with Gasteiger partial charge in [0, 0.05) is 5.56 Å². The number of methoxy groups -OCH3 is 1. The fourth-order valence-electron chi connectivity index (χ4n) is 3.68. The van der Waals surface area contributed by atoms with Crippen molar-refractivity contribution >= 4 is 23.0 Å². The first-order chi connectivity index (χ1) is 13.2. The molecule has 1 aliphatic rings. The number of hydrogen-bond donors (Lipinski definition) is 3. The number of para-hydroxylation sites is 2. The van der Waals surface area contributed by atoms with Crippen LogP contribution in [-0.4, -0.2) is 44.6 Å². The number of ether oxygens (including phenoxy) is 2. The zero-order valence-electron chi connectivity index (χ0n) is 15.9. The zero-order chi connectivity index (χ0) is 19.1. The Balaban J connectivity index is 1.71. The summed E-state index contributed by atoms with van der Waals surface area (Å²) in [6.07, 6.45) is 0. The monoisotopic (exact) mass is 386 g/mol. The second-order valence-electron chi connectivity index (χ2n) is 6.75. The van der Waals surface area contributed by atoms with E-state index in [2.05, 4.69) is 47.9 Å². The molecule has 0 bridgehead atoms. The third-order valence-electron chi connectivity index (χ3n) is 4.95. The molecule has 27 heavy (non-hydrogen) atoms. The van der Waals surface area contributed by atoms with Crippen LogP contribution in [0.4, 0.5) is 5.69 Å². The third-order valence-corrected chi connectivity index (χ3v) is 5.17. The Hall–Kier alpha value is -2.15. The van der Waals surface area contributed by atoms with Gasteiger partial charge < -0.3 is 25.0 Å². The molecule has 3 N–H and O–H groups in total. The summed E-state index contributed by atoms with van der Waals surface area (Å²) in [6.45, 7) is 5.79. The molecular formula is C21H28N3O2S+. The van der Waals surface area contributed by atoms with E-state index in [1.165, 1.54) is 10.5 Å². The van der Waals surface area contributed by atoms with Gasteiger partial charge in [-0.15, -0.1) is 0 Å². The Labute approximate surface area is 166 Å². The van der Waals surface area contributed by atoms with Crippen molar-refractivity contribution in [2.24, 2.45) is 0 Å². The Bertz CT molecular complexity index is 735. The molecule has 0 unspecified atom stereocenters. The molecule has 2 aromatic carbocycles. The van der Waals surface area contributed by atoms with Crippen LogP contribution in [0, 0.1) is 0 Å². The second-order valence-corrected chi connectivity index (χ2v) is 7.15. The summed E-state index contributed by atoms with van der Waals surface area (Å²) in [5.74, 6) is 0.771. The van der Waals surface area contributed by atoms with Crippen molar-refractivity contribution in [3.63, 3.8) is 0 Å². The number of hydrogen-bond acceptors (Lipinski definition) is 3. The van der Waals surface area contributed by atoms with Crippen molar-refractivity contribution in [3.05, 3.63) is 60.2 Å². The fourth-order valence-corrected chi connectivity index (χ4v) is 3.98. The lowest BCUT2D eigenvalue weighted by Gasteiger charge is -2.35. The molecule has 2 aromatic rings. The molecule has 0 aromatic heterocycles. The largest absolute Gasteiger partial charge is 0.495 e. The van der Waals surface area contributed by atoms with E-state index >= 15 is 0 Å². The molecule has 1 saturated heterocycles. The number of thiocarbonyl (C=S) groups is 1. The van der Waals surface area contributed by atoms with Gasteiger partial charge in [-0.1, -0.05) is 42.5 Å². The molecule has 144 valence electrons. The van der Waals surface area contributed by atoms with Crippen molar-refractivity contribution in [2.45, 2.75) is 19.0 Å². The summed E-state index contributed by atoms with van der Waals surface area (Å²) in [5.41, 5.74) is 2.18. The summed E-state index contributed by atoms with van der Waals surface area (Å²) >= 11 is 5.58. The minimum Gasteiger partial charge on any atom is -0.495 e. The van der Waals surface area contributed by atoms with E-state index in [1.807, 2.05) is 24.3 Å². The van der Waals surface area contributed by atoms with Crippen LogP contribution in [0.5, 0.6) is 5.75 Å². The predicted molar refractivity (Wildman–Crippen MR) is 113 cm³/mol. The van der Waals surface area contributed by atoms with Gasteiger partial charge in [-0.25, -0.2) is 0 Å². The maximum Gasteiger partial charge on any atom is 0.171 e. The zero-order valence-corrected chi connectivity index (χ0v) is 16.7. The van der Waals surface area contributed by atoms with Gasteiger partial charge in [-0.05, 0) is 31.3 Å². The molecule has 0 radical (unpaired) electrons. The van der Waals surface area contributed by atoms with Crippen LogP contribution in [0.25, 0.3) is 0 Å². The molecule has 1 aliphatic heterocycles. The van der Waals surface area contributed by atoms with E-state index in [0.717, 1.165) is 37.7 Å². The van der Waals surface area contributed by atoms with Crippen molar-refractivity contribution in [3.8, 4) is 5.75 Å². The Morgan fingerprint density at radius 2 is 1.74 bits per heavy atom. The average molecular weight is 387 g/mol. The highest BCUT2D eigenvalue weighted by molar-refractivity contribution is 7.80. The van der Waals surface area contributed by atoms with Crippen LogP contribution in [0.2, 0.25) is 0 Å². The molecule has 0 spiro atoms. The topological polar surface area (TPSA) is 47.0 Å². The number of morpholine rings is 1. The molecule has 0 saturated carbocycles. The SMILES string of the molecule is COc1ccccc1NC(=S)N[C@H](C)[C@@H](c1ccccc1)[NH+]1CCOCC1. The highest BCUT2D eigenvalue weighted by Gasteiger charge is 2.31. The van der Waals surface area contributed by atoms with E-state index in [4.69, 9.17) is 21.7 Å². The maximum atomic E-state index is 5.58. The van der Waals surface area contributed by atoms with Crippen molar-refractivity contribution in [2.75, 3.05) is 38.7 Å².